The third kappa shape index (κ3) is 5.07. The van der Waals surface area contributed by atoms with Gasteiger partial charge in [0.25, 0.3) is 5.56 Å². The molecule has 0 saturated carbocycles. The van der Waals surface area contributed by atoms with E-state index in [1.165, 1.54) is 0 Å². The molecule has 0 unspecified atom stereocenters. The van der Waals surface area contributed by atoms with E-state index in [0.717, 1.165) is 12.2 Å². The number of aliphatic hydroxyl groups excluding tert-OH is 1. The van der Waals surface area contributed by atoms with Crippen molar-refractivity contribution >= 4 is 28.6 Å². The molecule has 23 heavy (non-hydrogen) atoms. The first-order valence-corrected chi connectivity index (χ1v) is 8.90. The highest BCUT2D eigenvalue weighted by molar-refractivity contribution is 7.98. The number of hydrogen-bond acceptors (Lipinski definition) is 5. The Morgan fingerprint density at radius 3 is 2.96 bits per heavy atom. The van der Waals surface area contributed by atoms with Crippen LogP contribution in [-0.4, -0.2) is 45.6 Å². The number of amides is 1. The Morgan fingerprint density at radius 2 is 2.22 bits per heavy atom. The minimum absolute atomic E-state index is 0.0721. The van der Waals surface area contributed by atoms with E-state index in [-0.39, 0.29) is 30.5 Å². The van der Waals surface area contributed by atoms with Crippen LogP contribution in [-0.2, 0) is 11.2 Å². The molecular formula is C16H21N3O3S. The minimum atomic E-state index is -0.224. The van der Waals surface area contributed by atoms with Gasteiger partial charge in [-0.15, -0.1) is 0 Å². The predicted octanol–water partition coefficient (Wildman–Crippen LogP) is 1.09. The molecular weight excluding hydrogens is 314 g/mol. The molecule has 0 radical (unpaired) electrons. The van der Waals surface area contributed by atoms with Crippen LogP contribution < -0.4 is 10.9 Å². The molecule has 0 fully saturated rings. The lowest BCUT2D eigenvalue weighted by atomic mass is 10.2. The van der Waals surface area contributed by atoms with Crippen molar-refractivity contribution in [3.05, 3.63) is 40.4 Å². The Labute approximate surface area is 138 Å². The summed E-state index contributed by atoms with van der Waals surface area (Å²) in [5.74, 6) is 1.22. The van der Waals surface area contributed by atoms with Gasteiger partial charge in [0.15, 0.2) is 0 Å². The van der Waals surface area contributed by atoms with E-state index in [1.54, 1.807) is 30.0 Å². The smallest absolute Gasteiger partial charge is 0.258 e. The van der Waals surface area contributed by atoms with Gasteiger partial charge in [0.05, 0.1) is 23.6 Å². The summed E-state index contributed by atoms with van der Waals surface area (Å²) in [6.45, 7) is -0.0721. The summed E-state index contributed by atoms with van der Waals surface area (Å²) in [6.07, 6.45) is 3.29. The second-order valence-corrected chi connectivity index (χ2v) is 6.24. The quantitative estimate of drug-likeness (QED) is 0.671. The largest absolute Gasteiger partial charge is 0.394 e. The van der Waals surface area contributed by atoms with Gasteiger partial charge in [-0.1, -0.05) is 12.1 Å². The topological polar surface area (TPSA) is 95.1 Å². The van der Waals surface area contributed by atoms with Crippen molar-refractivity contribution in [3.63, 3.8) is 0 Å². The zero-order valence-corrected chi connectivity index (χ0v) is 13.9. The van der Waals surface area contributed by atoms with E-state index < -0.39 is 0 Å². The van der Waals surface area contributed by atoms with Crippen LogP contribution >= 0.6 is 11.8 Å². The van der Waals surface area contributed by atoms with Crippen LogP contribution in [0.2, 0.25) is 0 Å². The molecule has 0 aliphatic heterocycles. The SMILES string of the molecule is CSCC[C@H](CO)NC(=O)CCc1nc2ccccc2c(=O)[nH]1. The van der Waals surface area contributed by atoms with E-state index >= 15 is 0 Å². The van der Waals surface area contributed by atoms with Crippen molar-refractivity contribution in [2.75, 3.05) is 18.6 Å². The number of nitrogens with zero attached hydrogens (tertiary/aromatic N) is 1. The van der Waals surface area contributed by atoms with E-state index in [1.807, 2.05) is 12.3 Å². The Hall–Kier alpha value is -1.86. The van der Waals surface area contributed by atoms with Crippen molar-refractivity contribution in [2.24, 2.45) is 0 Å². The number of aromatic nitrogens is 2. The number of fused-ring (bicyclic) bond motifs is 1. The fraction of sp³-hybridized carbons (Fsp3) is 0.438. The maximum Gasteiger partial charge on any atom is 0.258 e. The maximum atomic E-state index is 12.0. The summed E-state index contributed by atoms with van der Waals surface area (Å²) in [5, 5.41) is 12.6. The van der Waals surface area contributed by atoms with Crippen molar-refractivity contribution in [3.8, 4) is 0 Å². The van der Waals surface area contributed by atoms with Crippen LogP contribution in [0.4, 0.5) is 0 Å². The fourth-order valence-corrected chi connectivity index (χ4v) is 2.77. The standard InChI is InChI=1S/C16H21N3O3S/c1-23-9-8-11(10-20)17-15(21)7-6-14-18-13-5-3-2-4-12(13)16(22)19-14/h2-5,11,20H,6-10H2,1H3,(H,17,21)(H,18,19,22)/t11-/m1/s1. The van der Waals surface area contributed by atoms with E-state index in [0.29, 0.717) is 23.1 Å². The molecule has 1 amide bonds. The van der Waals surface area contributed by atoms with Crippen LogP contribution in [0.5, 0.6) is 0 Å². The average molecular weight is 335 g/mol. The van der Waals surface area contributed by atoms with Crippen molar-refractivity contribution in [2.45, 2.75) is 25.3 Å². The van der Waals surface area contributed by atoms with Gasteiger partial charge in [-0.25, -0.2) is 4.98 Å². The highest BCUT2D eigenvalue weighted by Crippen LogP contribution is 2.07. The predicted molar refractivity (Wildman–Crippen MR) is 92.7 cm³/mol. The van der Waals surface area contributed by atoms with Crippen LogP contribution in [0.1, 0.15) is 18.7 Å². The molecule has 7 heteroatoms. The monoisotopic (exact) mass is 335 g/mol. The first-order chi connectivity index (χ1) is 11.1. The van der Waals surface area contributed by atoms with Gasteiger partial charge < -0.3 is 15.4 Å². The van der Waals surface area contributed by atoms with E-state index in [4.69, 9.17) is 0 Å². The number of aromatic amines is 1. The Morgan fingerprint density at radius 1 is 1.43 bits per heavy atom. The molecule has 1 aromatic heterocycles. The van der Waals surface area contributed by atoms with Gasteiger partial charge in [0, 0.05) is 12.8 Å². The zero-order chi connectivity index (χ0) is 16.7. The summed E-state index contributed by atoms with van der Waals surface area (Å²) in [7, 11) is 0. The summed E-state index contributed by atoms with van der Waals surface area (Å²) in [5.41, 5.74) is 0.430. The molecule has 2 rings (SSSR count). The lowest BCUT2D eigenvalue weighted by molar-refractivity contribution is -0.122. The first-order valence-electron chi connectivity index (χ1n) is 7.51. The Balaban J connectivity index is 1.95. The van der Waals surface area contributed by atoms with Gasteiger partial charge in [-0.2, -0.15) is 11.8 Å². The van der Waals surface area contributed by atoms with Gasteiger partial charge in [-0.3, -0.25) is 9.59 Å². The Kier molecular flexibility index (Phi) is 6.61. The molecule has 124 valence electrons. The number of aryl methyl sites for hydroxylation is 1. The number of hydrogen-bond donors (Lipinski definition) is 3. The number of benzene rings is 1. The number of nitrogens with one attached hydrogen (secondary N) is 2. The van der Waals surface area contributed by atoms with Crippen LogP contribution in [0, 0.1) is 0 Å². The molecule has 3 N–H and O–H groups in total. The Bertz CT molecular complexity index is 717. The molecule has 0 bridgehead atoms. The van der Waals surface area contributed by atoms with Crippen molar-refractivity contribution in [1.82, 2.24) is 15.3 Å². The second-order valence-electron chi connectivity index (χ2n) is 5.26. The molecule has 0 aliphatic carbocycles. The third-order valence-corrected chi connectivity index (χ3v) is 4.15. The maximum absolute atomic E-state index is 12.0. The highest BCUT2D eigenvalue weighted by Gasteiger charge is 2.12. The van der Waals surface area contributed by atoms with Crippen molar-refractivity contribution < 1.29 is 9.90 Å². The minimum Gasteiger partial charge on any atom is -0.394 e. The summed E-state index contributed by atoms with van der Waals surface area (Å²) in [4.78, 5) is 31.0. The number of carbonyl (C=O) groups is 1. The van der Waals surface area contributed by atoms with E-state index in [2.05, 4.69) is 15.3 Å². The molecule has 1 heterocycles. The summed E-state index contributed by atoms with van der Waals surface area (Å²) >= 11 is 1.67. The number of thioether (sulfide) groups is 1. The number of aliphatic hydroxyl groups is 1. The molecule has 1 atom stereocenters. The number of para-hydroxylation sites is 1. The number of H-pyrrole nitrogens is 1. The van der Waals surface area contributed by atoms with Crippen LogP contribution in [0.15, 0.2) is 29.1 Å². The normalized spacial score (nSPS) is 12.3. The molecule has 0 aliphatic rings. The number of rotatable bonds is 8. The van der Waals surface area contributed by atoms with Gasteiger partial charge >= 0.3 is 0 Å². The van der Waals surface area contributed by atoms with Gasteiger partial charge in [0.2, 0.25) is 5.91 Å². The highest BCUT2D eigenvalue weighted by atomic mass is 32.2. The van der Waals surface area contributed by atoms with Crippen LogP contribution in [0.3, 0.4) is 0 Å². The van der Waals surface area contributed by atoms with Gasteiger partial charge in [0.1, 0.15) is 5.82 Å². The fourth-order valence-electron chi connectivity index (χ4n) is 2.25. The third-order valence-electron chi connectivity index (χ3n) is 3.51. The van der Waals surface area contributed by atoms with Crippen LogP contribution in [0.25, 0.3) is 10.9 Å². The lowest BCUT2D eigenvalue weighted by Crippen LogP contribution is -2.38. The molecule has 6 nitrogen and oxygen atoms in total. The lowest BCUT2D eigenvalue weighted by Gasteiger charge is -2.15. The molecule has 0 spiro atoms. The van der Waals surface area contributed by atoms with E-state index in [9.17, 15) is 14.7 Å². The molecule has 1 aromatic carbocycles. The van der Waals surface area contributed by atoms with Gasteiger partial charge in [-0.05, 0) is 30.6 Å². The molecule has 2 aromatic rings. The molecule has 0 saturated heterocycles. The second kappa shape index (κ2) is 8.69. The zero-order valence-electron chi connectivity index (χ0n) is 13.0. The summed E-state index contributed by atoms with van der Waals surface area (Å²) in [6, 6.07) is 6.88. The average Bonchev–Trinajstić information content (AvgIpc) is 2.57. The first kappa shape index (κ1) is 17.5. The number of carbonyl (C=O) groups excluding carboxylic acids is 1. The van der Waals surface area contributed by atoms with Crippen molar-refractivity contribution in [1.29, 1.82) is 0 Å². The summed E-state index contributed by atoms with van der Waals surface area (Å²) < 4.78 is 0.